The lowest BCUT2D eigenvalue weighted by Gasteiger charge is -2.16. The van der Waals surface area contributed by atoms with Gasteiger partial charge < -0.3 is 4.74 Å². The van der Waals surface area contributed by atoms with Gasteiger partial charge in [0.1, 0.15) is 10.8 Å². The molecule has 9 heteroatoms. The van der Waals surface area contributed by atoms with Gasteiger partial charge in [0.2, 0.25) is 5.13 Å². The highest BCUT2D eigenvalue weighted by atomic mass is 32.1. The molecule has 0 fully saturated rings. The number of benzene rings is 2. The average molecular weight is 436 g/mol. The maximum Gasteiger partial charge on any atom is 0.261 e. The van der Waals surface area contributed by atoms with Crippen LogP contribution in [-0.2, 0) is 13.0 Å². The number of amides is 3. The maximum atomic E-state index is 12.9. The first-order chi connectivity index (χ1) is 15.0. The molecule has 0 atom stereocenters. The van der Waals surface area contributed by atoms with E-state index in [9.17, 15) is 14.4 Å². The Labute approximate surface area is 182 Å². The third kappa shape index (κ3) is 4.04. The molecule has 0 saturated carbocycles. The number of rotatable bonds is 7. The van der Waals surface area contributed by atoms with E-state index in [1.807, 2.05) is 13.8 Å². The molecule has 0 radical (unpaired) electrons. The van der Waals surface area contributed by atoms with Crippen LogP contribution in [0.25, 0.3) is 0 Å². The first kappa shape index (κ1) is 20.7. The predicted octanol–water partition coefficient (Wildman–Crippen LogP) is 3.55. The standard InChI is InChI=1S/C22H20N4O4S/c1-3-18-24-25-22(31-18)23-19(27)16-11-13(9-10-17(16)30-4-2)12-26-20(28)14-7-5-6-8-15(14)21(26)29/h5-11H,3-4,12H2,1-2H3,(H,23,25,27). The Morgan fingerprint density at radius 1 is 1.06 bits per heavy atom. The van der Waals surface area contributed by atoms with E-state index < -0.39 is 5.91 Å². The van der Waals surface area contributed by atoms with Crippen LogP contribution in [0.1, 0.15) is 55.5 Å². The zero-order valence-corrected chi connectivity index (χ0v) is 17.9. The lowest BCUT2D eigenvalue weighted by atomic mass is 10.1. The summed E-state index contributed by atoms with van der Waals surface area (Å²) in [7, 11) is 0. The fraction of sp³-hybridized carbons (Fsp3) is 0.227. The normalized spacial score (nSPS) is 12.8. The molecule has 4 rings (SSSR count). The highest BCUT2D eigenvalue weighted by Crippen LogP contribution is 2.27. The monoisotopic (exact) mass is 436 g/mol. The van der Waals surface area contributed by atoms with Crippen LogP contribution in [0.4, 0.5) is 5.13 Å². The first-order valence-electron chi connectivity index (χ1n) is 9.86. The summed E-state index contributed by atoms with van der Waals surface area (Å²) in [6, 6.07) is 11.8. The van der Waals surface area contributed by atoms with E-state index in [4.69, 9.17) is 4.74 Å². The van der Waals surface area contributed by atoms with Crippen LogP contribution >= 0.6 is 11.3 Å². The van der Waals surface area contributed by atoms with Gasteiger partial charge in [-0.2, -0.15) is 0 Å². The number of carbonyl (C=O) groups excluding carboxylic acids is 3. The Morgan fingerprint density at radius 3 is 2.39 bits per heavy atom. The summed E-state index contributed by atoms with van der Waals surface area (Å²) in [5, 5.41) is 11.9. The Hall–Kier alpha value is -3.59. The van der Waals surface area contributed by atoms with Gasteiger partial charge in [0.15, 0.2) is 0 Å². The molecule has 0 spiro atoms. The second-order valence-corrected chi connectivity index (χ2v) is 7.88. The SMILES string of the molecule is CCOc1ccc(CN2C(=O)c3ccccc3C2=O)cc1C(=O)Nc1nnc(CC)s1. The molecule has 1 aromatic heterocycles. The number of aromatic nitrogens is 2. The van der Waals surface area contributed by atoms with Gasteiger partial charge in [-0.3, -0.25) is 24.6 Å². The van der Waals surface area contributed by atoms with Crippen molar-refractivity contribution < 1.29 is 19.1 Å². The molecule has 1 aliphatic rings. The summed E-state index contributed by atoms with van der Waals surface area (Å²) in [5.41, 5.74) is 1.71. The van der Waals surface area contributed by atoms with Gasteiger partial charge in [-0.25, -0.2) is 0 Å². The molecule has 0 unspecified atom stereocenters. The fourth-order valence-electron chi connectivity index (χ4n) is 3.31. The van der Waals surface area contributed by atoms with E-state index in [0.717, 1.165) is 11.4 Å². The predicted molar refractivity (Wildman–Crippen MR) is 115 cm³/mol. The van der Waals surface area contributed by atoms with Crippen LogP contribution in [0, 0.1) is 0 Å². The van der Waals surface area contributed by atoms with Crippen molar-refractivity contribution in [3.8, 4) is 5.75 Å². The van der Waals surface area contributed by atoms with Crippen LogP contribution in [0.2, 0.25) is 0 Å². The van der Waals surface area contributed by atoms with Crippen LogP contribution in [0.5, 0.6) is 5.75 Å². The summed E-state index contributed by atoms with van der Waals surface area (Å²) in [6.07, 6.45) is 0.730. The number of hydrogen-bond donors (Lipinski definition) is 1. The second-order valence-electron chi connectivity index (χ2n) is 6.81. The lowest BCUT2D eigenvalue weighted by molar-refractivity contribution is 0.0642. The molecule has 158 valence electrons. The van der Waals surface area contributed by atoms with Crippen molar-refractivity contribution in [2.75, 3.05) is 11.9 Å². The van der Waals surface area contributed by atoms with Crippen LogP contribution in [0.3, 0.4) is 0 Å². The van der Waals surface area contributed by atoms with E-state index in [1.54, 1.807) is 42.5 Å². The average Bonchev–Trinajstić information content (AvgIpc) is 3.33. The molecule has 0 aliphatic carbocycles. The largest absolute Gasteiger partial charge is 0.493 e. The van der Waals surface area contributed by atoms with Crippen molar-refractivity contribution >= 4 is 34.2 Å². The van der Waals surface area contributed by atoms with E-state index >= 15 is 0 Å². The minimum Gasteiger partial charge on any atom is -0.493 e. The zero-order valence-electron chi connectivity index (χ0n) is 17.0. The van der Waals surface area contributed by atoms with E-state index in [0.29, 0.717) is 39.7 Å². The molecule has 1 N–H and O–H groups in total. The number of imide groups is 1. The van der Waals surface area contributed by atoms with Gasteiger partial charge in [-0.05, 0) is 43.2 Å². The quantitative estimate of drug-likeness (QED) is 0.569. The highest BCUT2D eigenvalue weighted by molar-refractivity contribution is 7.15. The molecule has 3 amide bonds. The number of anilines is 1. The van der Waals surface area contributed by atoms with Crippen LogP contribution in [0.15, 0.2) is 42.5 Å². The smallest absolute Gasteiger partial charge is 0.261 e. The molecule has 2 heterocycles. The number of hydrogen-bond acceptors (Lipinski definition) is 7. The molecular formula is C22H20N4O4S. The zero-order chi connectivity index (χ0) is 22.0. The molecule has 1 aliphatic heterocycles. The summed E-state index contributed by atoms with van der Waals surface area (Å²) in [4.78, 5) is 39.4. The topological polar surface area (TPSA) is 101 Å². The number of nitrogens with zero attached hydrogens (tertiary/aromatic N) is 3. The summed E-state index contributed by atoms with van der Waals surface area (Å²) in [5.74, 6) is -0.680. The summed E-state index contributed by atoms with van der Waals surface area (Å²) < 4.78 is 5.60. The Kier molecular flexibility index (Phi) is 5.77. The Bertz CT molecular complexity index is 1140. The van der Waals surface area contributed by atoms with E-state index in [1.165, 1.54) is 16.2 Å². The van der Waals surface area contributed by atoms with Crippen molar-refractivity contribution in [3.63, 3.8) is 0 Å². The third-order valence-corrected chi connectivity index (χ3v) is 5.78. The molecule has 3 aromatic rings. The lowest BCUT2D eigenvalue weighted by Crippen LogP contribution is -2.29. The van der Waals surface area contributed by atoms with Gasteiger partial charge in [-0.1, -0.05) is 36.5 Å². The van der Waals surface area contributed by atoms with Crippen molar-refractivity contribution in [2.24, 2.45) is 0 Å². The van der Waals surface area contributed by atoms with Crippen LogP contribution in [-0.4, -0.2) is 39.4 Å². The summed E-state index contributed by atoms with van der Waals surface area (Å²) >= 11 is 1.31. The fourth-order valence-corrected chi connectivity index (χ4v) is 3.99. The maximum absolute atomic E-state index is 12.9. The Morgan fingerprint density at radius 2 is 1.77 bits per heavy atom. The third-order valence-electron chi connectivity index (χ3n) is 4.80. The number of aryl methyl sites for hydroxylation is 1. The molecular weight excluding hydrogens is 416 g/mol. The first-order valence-corrected chi connectivity index (χ1v) is 10.7. The van der Waals surface area contributed by atoms with E-state index in [-0.39, 0.29) is 18.4 Å². The molecule has 2 aromatic carbocycles. The van der Waals surface area contributed by atoms with Gasteiger partial charge in [0.25, 0.3) is 17.7 Å². The van der Waals surface area contributed by atoms with Gasteiger partial charge in [0, 0.05) is 0 Å². The minimum atomic E-state index is -0.397. The van der Waals surface area contributed by atoms with Crippen LogP contribution < -0.4 is 10.1 Å². The Balaban J connectivity index is 1.59. The van der Waals surface area contributed by atoms with Gasteiger partial charge >= 0.3 is 0 Å². The molecule has 0 saturated heterocycles. The van der Waals surface area contributed by atoms with Gasteiger partial charge in [-0.15, -0.1) is 10.2 Å². The summed E-state index contributed by atoms with van der Waals surface area (Å²) in [6.45, 7) is 4.23. The van der Waals surface area contributed by atoms with Crippen molar-refractivity contribution in [1.82, 2.24) is 15.1 Å². The number of ether oxygens (including phenoxy) is 1. The van der Waals surface area contributed by atoms with Gasteiger partial charge in [0.05, 0.1) is 29.8 Å². The number of fused-ring (bicyclic) bond motifs is 1. The molecule has 0 bridgehead atoms. The molecule has 8 nitrogen and oxygen atoms in total. The second kappa shape index (κ2) is 8.65. The van der Waals surface area contributed by atoms with Crippen molar-refractivity contribution in [2.45, 2.75) is 26.8 Å². The molecule has 31 heavy (non-hydrogen) atoms. The van der Waals surface area contributed by atoms with Crippen molar-refractivity contribution in [3.05, 3.63) is 69.7 Å². The van der Waals surface area contributed by atoms with E-state index in [2.05, 4.69) is 15.5 Å². The highest BCUT2D eigenvalue weighted by Gasteiger charge is 2.35. The minimum absolute atomic E-state index is 0.0534. The number of nitrogens with one attached hydrogen (secondary N) is 1. The van der Waals surface area contributed by atoms with Crippen molar-refractivity contribution in [1.29, 1.82) is 0 Å². The number of carbonyl (C=O) groups is 3.